The van der Waals surface area contributed by atoms with E-state index in [2.05, 4.69) is 57.0 Å². The number of benzene rings is 1. The van der Waals surface area contributed by atoms with E-state index >= 15 is 0 Å². The third-order valence-electron chi connectivity index (χ3n) is 4.63. The summed E-state index contributed by atoms with van der Waals surface area (Å²) in [4.78, 5) is 8.10. The molecular formula is C21H28N6OS. The Morgan fingerprint density at radius 3 is 2.66 bits per heavy atom. The average Bonchev–Trinajstić information content (AvgIpc) is 3.34. The first-order chi connectivity index (χ1) is 14.0. The lowest BCUT2D eigenvalue weighted by Gasteiger charge is -2.22. The Balaban J connectivity index is 1.61. The number of aliphatic imine (C=N–C) groups is 1. The molecular weight excluding hydrogens is 384 g/mol. The van der Waals surface area contributed by atoms with Gasteiger partial charge >= 0.3 is 0 Å². The number of thiophene rings is 1. The van der Waals surface area contributed by atoms with Crippen molar-refractivity contribution in [1.82, 2.24) is 25.0 Å². The van der Waals surface area contributed by atoms with E-state index in [1.165, 1.54) is 10.4 Å². The molecule has 3 rings (SSSR count). The SMILES string of the molecule is Cc1ccc(OCCN(C)C(=NCc2nnc(C)n2C)NCc2cccs2)cc1. The quantitative estimate of drug-likeness (QED) is 0.455. The second-order valence-corrected chi connectivity index (χ2v) is 7.91. The summed E-state index contributed by atoms with van der Waals surface area (Å²) in [6.07, 6.45) is 0. The van der Waals surface area contributed by atoms with Crippen molar-refractivity contribution in [3.63, 3.8) is 0 Å². The van der Waals surface area contributed by atoms with Gasteiger partial charge in [-0.25, -0.2) is 4.99 Å². The van der Waals surface area contributed by atoms with Crippen LogP contribution < -0.4 is 10.1 Å². The lowest BCUT2D eigenvalue weighted by Crippen LogP contribution is -2.40. The number of ether oxygens (including phenoxy) is 1. The van der Waals surface area contributed by atoms with Gasteiger partial charge in [0.1, 0.15) is 24.7 Å². The molecule has 0 fully saturated rings. The highest BCUT2D eigenvalue weighted by Crippen LogP contribution is 2.11. The summed E-state index contributed by atoms with van der Waals surface area (Å²) in [5.41, 5.74) is 1.22. The summed E-state index contributed by atoms with van der Waals surface area (Å²) in [7, 11) is 3.97. The molecule has 0 aliphatic carbocycles. The lowest BCUT2D eigenvalue weighted by molar-refractivity contribution is 0.281. The Bertz CT molecular complexity index is 917. The molecule has 0 radical (unpaired) electrons. The van der Waals surface area contributed by atoms with Crippen molar-refractivity contribution in [2.45, 2.75) is 26.9 Å². The number of hydrogen-bond donors (Lipinski definition) is 1. The van der Waals surface area contributed by atoms with Crippen LogP contribution in [0.5, 0.6) is 5.75 Å². The fourth-order valence-electron chi connectivity index (χ4n) is 2.67. The van der Waals surface area contributed by atoms with E-state index in [0.717, 1.165) is 29.9 Å². The number of hydrogen-bond acceptors (Lipinski definition) is 5. The predicted molar refractivity (Wildman–Crippen MR) is 117 cm³/mol. The third kappa shape index (κ3) is 6.05. The summed E-state index contributed by atoms with van der Waals surface area (Å²) in [5.74, 6) is 3.40. The molecule has 0 spiro atoms. The zero-order chi connectivity index (χ0) is 20.6. The largest absolute Gasteiger partial charge is 0.492 e. The van der Waals surface area contributed by atoms with Gasteiger partial charge in [-0.1, -0.05) is 23.8 Å². The Morgan fingerprint density at radius 1 is 1.21 bits per heavy atom. The molecule has 0 bridgehead atoms. The summed E-state index contributed by atoms with van der Waals surface area (Å²) in [6.45, 7) is 6.48. The van der Waals surface area contributed by atoms with Gasteiger partial charge in [-0.15, -0.1) is 21.5 Å². The molecule has 2 aromatic heterocycles. The van der Waals surface area contributed by atoms with Crippen molar-refractivity contribution in [3.8, 4) is 5.75 Å². The predicted octanol–water partition coefficient (Wildman–Crippen LogP) is 3.15. The second-order valence-electron chi connectivity index (χ2n) is 6.88. The normalized spacial score (nSPS) is 11.5. The minimum Gasteiger partial charge on any atom is -0.492 e. The molecule has 0 unspecified atom stereocenters. The Morgan fingerprint density at radius 2 is 2.00 bits per heavy atom. The van der Waals surface area contributed by atoms with Crippen LogP contribution in [0.25, 0.3) is 0 Å². The lowest BCUT2D eigenvalue weighted by atomic mass is 10.2. The summed E-state index contributed by atoms with van der Waals surface area (Å²) in [6, 6.07) is 12.3. The highest BCUT2D eigenvalue weighted by molar-refractivity contribution is 7.09. The maximum absolute atomic E-state index is 5.87. The van der Waals surface area contributed by atoms with Crippen LogP contribution in [0.1, 0.15) is 22.1 Å². The third-order valence-corrected chi connectivity index (χ3v) is 5.51. The van der Waals surface area contributed by atoms with Gasteiger partial charge in [-0.2, -0.15) is 0 Å². The Hall–Kier alpha value is -2.87. The van der Waals surface area contributed by atoms with Crippen LogP contribution >= 0.6 is 11.3 Å². The van der Waals surface area contributed by atoms with E-state index in [1.54, 1.807) is 11.3 Å². The number of aromatic nitrogens is 3. The zero-order valence-corrected chi connectivity index (χ0v) is 18.2. The smallest absolute Gasteiger partial charge is 0.194 e. The van der Waals surface area contributed by atoms with Crippen LogP contribution in [0.4, 0.5) is 0 Å². The molecule has 29 heavy (non-hydrogen) atoms. The van der Waals surface area contributed by atoms with Crippen LogP contribution in [0.2, 0.25) is 0 Å². The molecule has 0 saturated carbocycles. The topological polar surface area (TPSA) is 67.6 Å². The number of likely N-dealkylation sites (N-methyl/N-ethyl adjacent to an activating group) is 1. The van der Waals surface area contributed by atoms with Crippen LogP contribution in [0.3, 0.4) is 0 Å². The molecule has 1 aromatic carbocycles. The highest BCUT2D eigenvalue weighted by atomic mass is 32.1. The molecule has 8 heteroatoms. The van der Waals surface area contributed by atoms with E-state index in [0.29, 0.717) is 19.7 Å². The summed E-state index contributed by atoms with van der Waals surface area (Å²) >= 11 is 1.73. The summed E-state index contributed by atoms with van der Waals surface area (Å²) < 4.78 is 7.83. The zero-order valence-electron chi connectivity index (χ0n) is 17.4. The van der Waals surface area contributed by atoms with Crippen molar-refractivity contribution in [1.29, 1.82) is 0 Å². The number of rotatable bonds is 8. The van der Waals surface area contributed by atoms with E-state index in [-0.39, 0.29) is 0 Å². The van der Waals surface area contributed by atoms with Gasteiger partial charge in [0.15, 0.2) is 11.8 Å². The molecule has 0 atom stereocenters. The fourth-order valence-corrected chi connectivity index (χ4v) is 3.31. The first-order valence-electron chi connectivity index (χ1n) is 9.59. The van der Waals surface area contributed by atoms with Crippen LogP contribution in [0, 0.1) is 13.8 Å². The van der Waals surface area contributed by atoms with Gasteiger partial charge in [0, 0.05) is 19.0 Å². The van der Waals surface area contributed by atoms with Crippen LogP contribution in [-0.4, -0.2) is 45.8 Å². The van der Waals surface area contributed by atoms with Crippen molar-refractivity contribution in [2.75, 3.05) is 20.2 Å². The average molecular weight is 413 g/mol. The number of nitrogens with one attached hydrogen (secondary N) is 1. The Kier molecular flexibility index (Phi) is 7.24. The summed E-state index contributed by atoms with van der Waals surface area (Å²) in [5, 5.41) is 13.8. The molecule has 2 heterocycles. The van der Waals surface area contributed by atoms with Gasteiger partial charge in [-0.05, 0) is 37.4 Å². The standard InChI is InChI=1S/C21H28N6OS/c1-16-7-9-18(10-8-16)28-12-11-26(3)21(22-14-19-6-5-13-29-19)23-15-20-25-24-17(2)27(20)4/h5-10,13H,11-12,14-15H2,1-4H3,(H,22,23). The monoisotopic (exact) mass is 412 g/mol. The van der Waals surface area contributed by atoms with E-state index in [1.807, 2.05) is 37.7 Å². The van der Waals surface area contributed by atoms with Crippen molar-refractivity contribution >= 4 is 17.3 Å². The van der Waals surface area contributed by atoms with E-state index in [9.17, 15) is 0 Å². The number of nitrogens with zero attached hydrogens (tertiary/aromatic N) is 5. The molecule has 0 aliphatic heterocycles. The Labute approximate surface area is 176 Å². The maximum atomic E-state index is 5.87. The number of guanidine groups is 1. The van der Waals surface area contributed by atoms with Gasteiger partial charge in [0.2, 0.25) is 0 Å². The van der Waals surface area contributed by atoms with Gasteiger partial charge in [-0.3, -0.25) is 0 Å². The molecule has 0 aliphatic rings. The highest BCUT2D eigenvalue weighted by Gasteiger charge is 2.10. The van der Waals surface area contributed by atoms with Gasteiger partial charge in [0.05, 0.1) is 13.1 Å². The second kappa shape index (κ2) is 10.1. The first kappa shape index (κ1) is 20.9. The number of aryl methyl sites for hydroxylation is 2. The molecule has 0 saturated heterocycles. The van der Waals surface area contributed by atoms with Gasteiger partial charge in [0.25, 0.3) is 0 Å². The fraction of sp³-hybridized carbons (Fsp3) is 0.381. The van der Waals surface area contributed by atoms with Crippen molar-refractivity contribution in [3.05, 3.63) is 63.9 Å². The molecule has 154 valence electrons. The maximum Gasteiger partial charge on any atom is 0.194 e. The molecule has 1 N–H and O–H groups in total. The molecule has 0 amide bonds. The van der Waals surface area contributed by atoms with E-state index < -0.39 is 0 Å². The minimum absolute atomic E-state index is 0.466. The van der Waals surface area contributed by atoms with Crippen LogP contribution in [0.15, 0.2) is 46.8 Å². The van der Waals surface area contributed by atoms with Crippen molar-refractivity contribution in [2.24, 2.45) is 12.0 Å². The molecule has 7 nitrogen and oxygen atoms in total. The van der Waals surface area contributed by atoms with Crippen molar-refractivity contribution < 1.29 is 4.74 Å². The molecule has 3 aromatic rings. The van der Waals surface area contributed by atoms with Crippen LogP contribution in [-0.2, 0) is 20.1 Å². The first-order valence-corrected chi connectivity index (χ1v) is 10.5. The van der Waals surface area contributed by atoms with E-state index in [4.69, 9.17) is 9.73 Å². The van der Waals surface area contributed by atoms with Gasteiger partial charge < -0.3 is 19.5 Å². The minimum atomic E-state index is 0.466.